The van der Waals surface area contributed by atoms with Crippen molar-refractivity contribution in [3.63, 3.8) is 0 Å². The third kappa shape index (κ3) is 3.91. The summed E-state index contributed by atoms with van der Waals surface area (Å²) < 4.78 is 5.43. The largest absolute Gasteiger partial charge is 0.444 e. The van der Waals surface area contributed by atoms with Crippen LogP contribution < -0.4 is 5.73 Å². The highest BCUT2D eigenvalue weighted by molar-refractivity contribution is 5.69. The third-order valence-electron chi connectivity index (χ3n) is 3.44. The van der Waals surface area contributed by atoms with Gasteiger partial charge >= 0.3 is 6.09 Å². The summed E-state index contributed by atoms with van der Waals surface area (Å²) in [5.74, 6) is 6.23. The zero-order valence-corrected chi connectivity index (χ0v) is 13.6. The van der Waals surface area contributed by atoms with Crippen molar-refractivity contribution in [2.75, 3.05) is 12.3 Å². The minimum absolute atomic E-state index is 0.122. The highest BCUT2D eigenvalue weighted by Crippen LogP contribution is 2.21. The number of aromatic nitrogens is 1. The molecule has 1 aromatic rings. The number of ether oxygens (including phenoxy) is 1. The number of pyridine rings is 1. The molecule has 118 valence electrons. The van der Waals surface area contributed by atoms with Gasteiger partial charge in [-0.3, -0.25) is 9.88 Å². The molecule has 2 N–H and O–H groups in total. The Morgan fingerprint density at radius 2 is 2.23 bits per heavy atom. The molecule has 1 saturated heterocycles. The van der Waals surface area contributed by atoms with Gasteiger partial charge in [0.05, 0.1) is 23.0 Å². The molecule has 0 radical (unpaired) electrons. The number of aryl methyl sites for hydroxylation is 1. The number of amides is 1. The third-order valence-corrected chi connectivity index (χ3v) is 3.44. The van der Waals surface area contributed by atoms with Gasteiger partial charge in [0.1, 0.15) is 5.60 Å². The van der Waals surface area contributed by atoms with Crippen molar-refractivity contribution in [3.8, 4) is 11.8 Å². The number of carbonyl (C=O) groups excluding carboxylic acids is 1. The fourth-order valence-electron chi connectivity index (χ4n) is 2.30. The molecule has 1 atom stereocenters. The average molecular weight is 301 g/mol. The van der Waals surface area contributed by atoms with Crippen LogP contribution in [0.5, 0.6) is 0 Å². The first-order chi connectivity index (χ1) is 10.3. The molecule has 5 heteroatoms. The molecule has 1 aromatic heterocycles. The highest BCUT2D eigenvalue weighted by Gasteiger charge is 2.31. The van der Waals surface area contributed by atoms with Crippen molar-refractivity contribution in [3.05, 3.63) is 23.5 Å². The van der Waals surface area contributed by atoms with Gasteiger partial charge in [0.15, 0.2) is 0 Å². The summed E-state index contributed by atoms with van der Waals surface area (Å²) in [6.45, 7) is 8.12. The molecule has 0 bridgehead atoms. The number of rotatable bonds is 0. The van der Waals surface area contributed by atoms with Crippen LogP contribution in [0.25, 0.3) is 0 Å². The molecular weight excluding hydrogens is 278 g/mol. The zero-order chi connectivity index (χ0) is 16.3. The molecule has 0 unspecified atom stereocenters. The van der Waals surface area contributed by atoms with Gasteiger partial charge in [-0.2, -0.15) is 0 Å². The Hall–Kier alpha value is -2.22. The standard InChI is InChI=1S/C17H23N3O2/c1-12-15(18)13(9-10-19-12)7-8-14-6-5-11-20(14)16(21)22-17(2,3)4/h9-10,14H,5-6,11,18H2,1-4H3/t14-/m0/s1. The maximum absolute atomic E-state index is 12.2. The van der Waals surface area contributed by atoms with Crippen molar-refractivity contribution in [2.45, 2.75) is 52.2 Å². The van der Waals surface area contributed by atoms with Crippen molar-refractivity contribution in [1.82, 2.24) is 9.88 Å². The highest BCUT2D eigenvalue weighted by atomic mass is 16.6. The number of anilines is 1. The Balaban J connectivity index is 2.14. The minimum Gasteiger partial charge on any atom is -0.444 e. The predicted octanol–water partition coefficient (Wildman–Crippen LogP) is 2.72. The number of nitrogens with zero attached hydrogens (tertiary/aromatic N) is 2. The minimum atomic E-state index is -0.496. The summed E-state index contributed by atoms with van der Waals surface area (Å²) in [6, 6.07) is 1.67. The van der Waals surface area contributed by atoms with Crippen LogP contribution in [0.1, 0.15) is 44.9 Å². The lowest BCUT2D eigenvalue weighted by molar-refractivity contribution is 0.0261. The number of nitrogens with two attached hydrogens (primary N) is 1. The van der Waals surface area contributed by atoms with E-state index in [1.165, 1.54) is 0 Å². The molecule has 2 rings (SSSR count). The topological polar surface area (TPSA) is 68.5 Å². The van der Waals surface area contributed by atoms with Gasteiger partial charge in [-0.05, 0) is 46.6 Å². The first kappa shape index (κ1) is 16.2. The van der Waals surface area contributed by atoms with Crippen molar-refractivity contribution in [1.29, 1.82) is 0 Å². The Morgan fingerprint density at radius 1 is 1.50 bits per heavy atom. The second-order valence-corrected chi connectivity index (χ2v) is 6.46. The average Bonchev–Trinajstić information content (AvgIpc) is 2.87. The molecule has 1 amide bonds. The van der Waals surface area contributed by atoms with E-state index in [1.807, 2.05) is 27.7 Å². The number of hydrogen-bond donors (Lipinski definition) is 1. The molecular formula is C17H23N3O2. The summed E-state index contributed by atoms with van der Waals surface area (Å²) in [5, 5.41) is 0. The van der Waals surface area contributed by atoms with E-state index in [9.17, 15) is 4.79 Å². The van der Waals surface area contributed by atoms with Crippen LogP contribution in [-0.4, -0.2) is 34.2 Å². The SMILES string of the molecule is Cc1nccc(C#C[C@@H]2CCCN2C(=O)OC(C)(C)C)c1N. The molecule has 0 saturated carbocycles. The second-order valence-electron chi connectivity index (χ2n) is 6.46. The maximum Gasteiger partial charge on any atom is 0.411 e. The number of nitrogen functional groups attached to an aromatic ring is 1. The van der Waals surface area contributed by atoms with Crippen LogP contribution in [0.4, 0.5) is 10.5 Å². The normalized spacial score (nSPS) is 17.8. The molecule has 1 fully saturated rings. The quantitative estimate of drug-likeness (QED) is 0.748. The van der Waals surface area contributed by atoms with Crippen LogP contribution in [0.2, 0.25) is 0 Å². The fourth-order valence-corrected chi connectivity index (χ4v) is 2.30. The van der Waals surface area contributed by atoms with E-state index in [4.69, 9.17) is 10.5 Å². The number of likely N-dealkylation sites (tertiary alicyclic amines) is 1. The van der Waals surface area contributed by atoms with Gasteiger partial charge in [0.2, 0.25) is 0 Å². The van der Waals surface area contributed by atoms with Crippen LogP contribution in [-0.2, 0) is 4.74 Å². The molecule has 2 heterocycles. The Kier molecular flexibility index (Phi) is 4.60. The van der Waals surface area contributed by atoms with E-state index in [2.05, 4.69) is 16.8 Å². The summed E-state index contributed by atoms with van der Waals surface area (Å²) in [4.78, 5) is 18.0. The summed E-state index contributed by atoms with van der Waals surface area (Å²) in [6.07, 6.45) is 3.18. The Morgan fingerprint density at radius 3 is 2.91 bits per heavy atom. The molecule has 1 aliphatic heterocycles. The predicted molar refractivity (Wildman–Crippen MR) is 86.2 cm³/mol. The van der Waals surface area contributed by atoms with Gasteiger partial charge in [-0.25, -0.2) is 4.79 Å². The first-order valence-electron chi connectivity index (χ1n) is 7.50. The number of carbonyl (C=O) groups is 1. The first-order valence-corrected chi connectivity index (χ1v) is 7.50. The van der Waals surface area contributed by atoms with Gasteiger partial charge in [0.25, 0.3) is 0 Å². The van der Waals surface area contributed by atoms with Crippen molar-refractivity contribution < 1.29 is 9.53 Å². The maximum atomic E-state index is 12.2. The molecule has 0 aliphatic carbocycles. The fraction of sp³-hybridized carbons (Fsp3) is 0.529. The number of hydrogen-bond acceptors (Lipinski definition) is 4. The monoisotopic (exact) mass is 301 g/mol. The zero-order valence-electron chi connectivity index (χ0n) is 13.6. The van der Waals surface area contributed by atoms with Gasteiger partial charge in [-0.15, -0.1) is 0 Å². The van der Waals surface area contributed by atoms with Crippen molar-refractivity contribution >= 4 is 11.8 Å². The van der Waals surface area contributed by atoms with Crippen LogP contribution >= 0.6 is 0 Å². The summed E-state index contributed by atoms with van der Waals surface area (Å²) in [5.41, 5.74) is 7.59. The Labute approximate surface area is 131 Å². The van der Waals surface area contributed by atoms with Gasteiger partial charge < -0.3 is 10.5 Å². The summed E-state index contributed by atoms with van der Waals surface area (Å²) >= 11 is 0. The molecule has 5 nitrogen and oxygen atoms in total. The smallest absolute Gasteiger partial charge is 0.411 e. The van der Waals surface area contributed by atoms with Crippen LogP contribution in [0.15, 0.2) is 12.3 Å². The van der Waals surface area contributed by atoms with E-state index in [1.54, 1.807) is 17.2 Å². The van der Waals surface area contributed by atoms with E-state index < -0.39 is 5.60 Å². The van der Waals surface area contributed by atoms with E-state index in [0.717, 1.165) is 24.1 Å². The lowest BCUT2D eigenvalue weighted by Crippen LogP contribution is -2.39. The Bertz CT molecular complexity index is 623. The van der Waals surface area contributed by atoms with E-state index in [0.29, 0.717) is 12.2 Å². The van der Waals surface area contributed by atoms with E-state index >= 15 is 0 Å². The van der Waals surface area contributed by atoms with Gasteiger partial charge in [0, 0.05) is 12.7 Å². The van der Waals surface area contributed by atoms with Gasteiger partial charge in [-0.1, -0.05) is 11.8 Å². The molecule has 22 heavy (non-hydrogen) atoms. The molecule has 1 aliphatic rings. The lowest BCUT2D eigenvalue weighted by Gasteiger charge is -2.26. The molecule has 0 aromatic carbocycles. The van der Waals surface area contributed by atoms with Crippen LogP contribution in [0, 0.1) is 18.8 Å². The molecule has 0 spiro atoms. The van der Waals surface area contributed by atoms with E-state index in [-0.39, 0.29) is 12.1 Å². The van der Waals surface area contributed by atoms with Crippen LogP contribution in [0.3, 0.4) is 0 Å². The summed E-state index contributed by atoms with van der Waals surface area (Å²) in [7, 11) is 0. The second kappa shape index (κ2) is 6.27. The van der Waals surface area contributed by atoms with Crippen molar-refractivity contribution in [2.24, 2.45) is 0 Å². The lowest BCUT2D eigenvalue weighted by atomic mass is 10.1.